The van der Waals surface area contributed by atoms with E-state index in [2.05, 4.69) is 24.5 Å². The van der Waals surface area contributed by atoms with Crippen molar-refractivity contribution in [1.82, 2.24) is 14.5 Å². The molecule has 0 radical (unpaired) electrons. The Kier molecular flexibility index (Phi) is 7.06. The molecule has 1 atom stereocenters. The smallest absolute Gasteiger partial charge is 0.306 e. The lowest BCUT2D eigenvalue weighted by Gasteiger charge is -2.18. The van der Waals surface area contributed by atoms with Gasteiger partial charge >= 0.3 is 5.97 Å². The number of halogens is 1. The third kappa shape index (κ3) is 4.86. The van der Waals surface area contributed by atoms with Gasteiger partial charge in [0.1, 0.15) is 17.2 Å². The molecule has 0 spiro atoms. The number of carbonyl (C=O) groups excluding carboxylic acids is 1. The molecule has 2 heterocycles. The number of carbonyl (C=O) groups is 1. The highest BCUT2D eigenvalue weighted by Gasteiger charge is 2.22. The van der Waals surface area contributed by atoms with Gasteiger partial charge in [-0.25, -0.2) is 14.4 Å². The maximum Gasteiger partial charge on any atom is 0.306 e. The summed E-state index contributed by atoms with van der Waals surface area (Å²) in [5.74, 6) is -0.0855. The maximum atomic E-state index is 14.6. The Morgan fingerprint density at radius 1 is 1.06 bits per heavy atom. The number of hydrogen-bond acceptors (Lipinski definition) is 4. The van der Waals surface area contributed by atoms with E-state index >= 15 is 0 Å². The molecule has 176 valence electrons. The Bertz CT molecular complexity index is 1310. The molecule has 4 rings (SSSR count). The molecule has 0 saturated carbocycles. The third-order valence-electron chi connectivity index (χ3n) is 6.10. The predicted octanol–water partition coefficient (Wildman–Crippen LogP) is 5.88. The molecule has 0 aliphatic heterocycles. The van der Waals surface area contributed by atoms with Gasteiger partial charge in [-0.1, -0.05) is 49.4 Å². The molecule has 6 heteroatoms. The molecule has 0 amide bonds. The number of imidazole rings is 1. The zero-order chi connectivity index (χ0) is 24.2. The lowest BCUT2D eigenvalue weighted by molar-refractivity contribution is -0.143. The van der Waals surface area contributed by atoms with Crippen LogP contribution in [0.1, 0.15) is 60.0 Å². The quantitative estimate of drug-likeness (QED) is 0.309. The van der Waals surface area contributed by atoms with Crippen molar-refractivity contribution in [3.8, 4) is 0 Å². The van der Waals surface area contributed by atoms with E-state index in [0.29, 0.717) is 18.7 Å². The lowest BCUT2D eigenvalue weighted by Crippen LogP contribution is -2.13. The number of fused-ring (bicyclic) bond motifs is 1. The maximum absolute atomic E-state index is 14.6. The minimum Gasteiger partial charge on any atom is -0.466 e. The summed E-state index contributed by atoms with van der Waals surface area (Å²) in [7, 11) is 0. The first-order valence-electron chi connectivity index (χ1n) is 11.7. The number of benzene rings is 2. The molecule has 0 aliphatic carbocycles. The van der Waals surface area contributed by atoms with Crippen LogP contribution in [0, 0.1) is 19.7 Å². The van der Waals surface area contributed by atoms with Crippen LogP contribution in [0.25, 0.3) is 11.2 Å². The van der Waals surface area contributed by atoms with E-state index in [1.165, 1.54) is 6.07 Å². The summed E-state index contributed by atoms with van der Waals surface area (Å²) in [6.45, 7) is 8.86. The molecule has 2 aromatic carbocycles. The second kappa shape index (κ2) is 10.2. The average molecular weight is 460 g/mol. The van der Waals surface area contributed by atoms with Gasteiger partial charge in [-0.2, -0.15) is 0 Å². The standard InChI is InChI=1S/C28H30FN3O2/c1-5-25-31-27-18(3)15-19(4)30-28(27)32(25)17-20-11-13-21(14-12-20)23(16-26(33)34-6-2)22-9-7-8-10-24(22)29/h7-15,23H,5-6,16-17H2,1-4H3. The summed E-state index contributed by atoms with van der Waals surface area (Å²) < 4.78 is 21.9. The summed E-state index contributed by atoms with van der Waals surface area (Å²) in [5.41, 5.74) is 6.37. The number of aromatic nitrogens is 3. The van der Waals surface area contributed by atoms with Crippen LogP contribution in [0.5, 0.6) is 0 Å². The van der Waals surface area contributed by atoms with Gasteiger partial charge in [-0.3, -0.25) is 4.79 Å². The fourth-order valence-corrected chi connectivity index (χ4v) is 4.47. The molecule has 4 aromatic rings. The predicted molar refractivity (Wildman–Crippen MR) is 131 cm³/mol. The highest BCUT2D eigenvalue weighted by atomic mass is 19.1. The minimum atomic E-state index is -0.415. The lowest BCUT2D eigenvalue weighted by atomic mass is 9.87. The van der Waals surface area contributed by atoms with Crippen molar-refractivity contribution in [3.63, 3.8) is 0 Å². The van der Waals surface area contributed by atoms with Crippen molar-refractivity contribution in [2.45, 2.75) is 53.0 Å². The van der Waals surface area contributed by atoms with Crippen LogP contribution >= 0.6 is 0 Å². The van der Waals surface area contributed by atoms with Crippen molar-refractivity contribution >= 4 is 17.1 Å². The van der Waals surface area contributed by atoms with Crippen molar-refractivity contribution in [1.29, 1.82) is 0 Å². The van der Waals surface area contributed by atoms with Crippen LogP contribution in [0.15, 0.2) is 54.6 Å². The number of esters is 1. The molecule has 5 nitrogen and oxygen atoms in total. The summed E-state index contributed by atoms with van der Waals surface area (Å²) in [6.07, 6.45) is 0.893. The van der Waals surface area contributed by atoms with Gasteiger partial charge in [0.2, 0.25) is 0 Å². The third-order valence-corrected chi connectivity index (χ3v) is 6.10. The highest BCUT2D eigenvalue weighted by Crippen LogP contribution is 2.31. The second-order valence-corrected chi connectivity index (χ2v) is 8.55. The minimum absolute atomic E-state index is 0.0860. The Hall–Kier alpha value is -3.54. The van der Waals surface area contributed by atoms with Gasteiger partial charge in [0, 0.05) is 18.0 Å². The first-order chi connectivity index (χ1) is 16.4. The SMILES string of the molecule is CCOC(=O)CC(c1ccc(Cn2c(CC)nc3c(C)cc(C)nc32)cc1)c1ccccc1F. The van der Waals surface area contributed by atoms with Crippen LogP contribution in [0.2, 0.25) is 0 Å². The molecule has 0 saturated heterocycles. The number of hydrogen-bond donors (Lipinski definition) is 0. The molecule has 2 aromatic heterocycles. The number of aryl methyl sites for hydroxylation is 3. The highest BCUT2D eigenvalue weighted by molar-refractivity contribution is 5.76. The number of nitrogens with zero attached hydrogens (tertiary/aromatic N) is 3. The van der Waals surface area contributed by atoms with Crippen LogP contribution < -0.4 is 0 Å². The molecule has 1 unspecified atom stereocenters. The first kappa shape index (κ1) is 23.6. The molecular weight excluding hydrogens is 429 g/mol. The summed E-state index contributed by atoms with van der Waals surface area (Å²) in [5, 5.41) is 0. The Morgan fingerprint density at radius 3 is 2.47 bits per heavy atom. The van der Waals surface area contributed by atoms with Gasteiger partial charge in [0.15, 0.2) is 5.65 Å². The van der Waals surface area contributed by atoms with Gasteiger partial charge in [0.05, 0.1) is 19.6 Å². The van der Waals surface area contributed by atoms with E-state index in [-0.39, 0.29) is 18.2 Å². The Labute approximate surface area is 199 Å². The summed E-state index contributed by atoms with van der Waals surface area (Å²) >= 11 is 0. The van der Waals surface area contributed by atoms with Crippen LogP contribution in [0.3, 0.4) is 0 Å². The number of pyridine rings is 1. The van der Waals surface area contributed by atoms with E-state index in [0.717, 1.165) is 45.8 Å². The van der Waals surface area contributed by atoms with E-state index in [1.54, 1.807) is 25.1 Å². The topological polar surface area (TPSA) is 57.0 Å². The first-order valence-corrected chi connectivity index (χ1v) is 11.7. The molecule has 34 heavy (non-hydrogen) atoms. The summed E-state index contributed by atoms with van der Waals surface area (Å²) in [4.78, 5) is 21.9. The zero-order valence-electron chi connectivity index (χ0n) is 20.1. The van der Waals surface area contributed by atoms with Crippen molar-refractivity contribution in [2.75, 3.05) is 6.61 Å². The van der Waals surface area contributed by atoms with Gasteiger partial charge in [-0.05, 0) is 55.2 Å². The van der Waals surface area contributed by atoms with Crippen molar-refractivity contribution in [2.24, 2.45) is 0 Å². The van der Waals surface area contributed by atoms with Crippen LogP contribution in [0.4, 0.5) is 4.39 Å². The van der Waals surface area contributed by atoms with E-state index in [1.807, 2.05) is 31.2 Å². The van der Waals surface area contributed by atoms with E-state index < -0.39 is 5.92 Å². The zero-order valence-corrected chi connectivity index (χ0v) is 20.1. The van der Waals surface area contributed by atoms with Crippen LogP contribution in [-0.2, 0) is 22.5 Å². The van der Waals surface area contributed by atoms with Crippen LogP contribution in [-0.4, -0.2) is 27.1 Å². The van der Waals surface area contributed by atoms with Crippen molar-refractivity contribution in [3.05, 3.63) is 94.2 Å². The van der Waals surface area contributed by atoms with E-state index in [9.17, 15) is 9.18 Å². The largest absolute Gasteiger partial charge is 0.466 e. The van der Waals surface area contributed by atoms with Gasteiger partial charge in [0.25, 0.3) is 0 Å². The normalized spacial score (nSPS) is 12.1. The number of ether oxygens (including phenoxy) is 1. The molecular formula is C28H30FN3O2. The van der Waals surface area contributed by atoms with Crippen molar-refractivity contribution < 1.29 is 13.9 Å². The monoisotopic (exact) mass is 459 g/mol. The molecule has 0 aliphatic rings. The Balaban J connectivity index is 1.67. The Morgan fingerprint density at radius 2 is 1.79 bits per heavy atom. The average Bonchev–Trinajstić information content (AvgIpc) is 3.16. The van der Waals surface area contributed by atoms with E-state index in [4.69, 9.17) is 14.7 Å². The molecule has 0 fully saturated rings. The number of rotatable bonds is 8. The van der Waals surface area contributed by atoms with Gasteiger partial charge in [-0.15, -0.1) is 0 Å². The summed E-state index contributed by atoms with van der Waals surface area (Å²) in [6, 6.07) is 16.7. The second-order valence-electron chi connectivity index (χ2n) is 8.55. The fraction of sp³-hybridized carbons (Fsp3) is 0.321. The fourth-order valence-electron chi connectivity index (χ4n) is 4.47. The van der Waals surface area contributed by atoms with Gasteiger partial charge < -0.3 is 9.30 Å². The molecule has 0 bridgehead atoms. The molecule has 0 N–H and O–H groups in total.